The Bertz CT molecular complexity index is 932. The van der Waals surface area contributed by atoms with Crippen LogP contribution in [0.2, 0.25) is 0 Å². The van der Waals surface area contributed by atoms with Crippen molar-refractivity contribution in [2.24, 2.45) is 0 Å². The number of anilines is 1. The summed E-state index contributed by atoms with van der Waals surface area (Å²) in [5.74, 6) is 0.639. The third-order valence-electron chi connectivity index (χ3n) is 3.93. The fourth-order valence-electron chi connectivity index (χ4n) is 2.70. The third-order valence-corrected chi connectivity index (χ3v) is 6.62. The largest absolute Gasteiger partial charge is 0.296 e. The SMILES string of the molecule is Cc1cc(C)c(CSc2nnc(NC(=O)c3ccccc3Br)s2)c(C)c1. The Morgan fingerprint density at radius 2 is 1.85 bits per heavy atom. The normalized spacial score (nSPS) is 10.8. The Morgan fingerprint density at radius 1 is 1.15 bits per heavy atom. The van der Waals surface area contributed by atoms with E-state index in [0.717, 1.165) is 14.6 Å². The number of hydrogen-bond donors (Lipinski definition) is 1. The minimum absolute atomic E-state index is 0.199. The molecule has 0 aliphatic carbocycles. The molecule has 134 valence electrons. The number of rotatable bonds is 5. The van der Waals surface area contributed by atoms with Gasteiger partial charge in [0.2, 0.25) is 5.13 Å². The number of nitrogens with zero attached hydrogens (tertiary/aromatic N) is 2. The molecular formula is C19H18BrN3OS2. The van der Waals surface area contributed by atoms with Crippen molar-refractivity contribution in [3.63, 3.8) is 0 Å². The van der Waals surface area contributed by atoms with Crippen LogP contribution in [0, 0.1) is 20.8 Å². The van der Waals surface area contributed by atoms with E-state index in [1.165, 1.54) is 33.6 Å². The zero-order chi connectivity index (χ0) is 18.7. The fourth-order valence-corrected chi connectivity index (χ4v) is 5.11. The molecule has 1 heterocycles. The average molecular weight is 448 g/mol. The summed E-state index contributed by atoms with van der Waals surface area (Å²) >= 11 is 6.42. The first-order valence-electron chi connectivity index (χ1n) is 8.03. The molecular weight excluding hydrogens is 430 g/mol. The molecule has 0 spiro atoms. The Morgan fingerprint density at radius 3 is 2.54 bits per heavy atom. The van der Waals surface area contributed by atoms with E-state index in [1.54, 1.807) is 17.8 Å². The number of halogens is 1. The maximum Gasteiger partial charge on any atom is 0.258 e. The predicted octanol–water partition coefficient (Wildman–Crippen LogP) is 5.77. The summed E-state index contributed by atoms with van der Waals surface area (Å²) in [5.41, 5.74) is 5.77. The molecule has 26 heavy (non-hydrogen) atoms. The van der Waals surface area contributed by atoms with Crippen molar-refractivity contribution in [1.82, 2.24) is 10.2 Å². The van der Waals surface area contributed by atoms with Gasteiger partial charge in [-0.05, 0) is 65.5 Å². The number of amides is 1. The van der Waals surface area contributed by atoms with E-state index >= 15 is 0 Å². The maximum atomic E-state index is 12.3. The second-order valence-electron chi connectivity index (χ2n) is 5.97. The van der Waals surface area contributed by atoms with Gasteiger partial charge >= 0.3 is 0 Å². The first kappa shape index (κ1) is 19.1. The lowest BCUT2D eigenvalue weighted by atomic mass is 10.0. The van der Waals surface area contributed by atoms with Crippen molar-refractivity contribution in [3.8, 4) is 0 Å². The Balaban J connectivity index is 1.65. The summed E-state index contributed by atoms with van der Waals surface area (Å²) in [6, 6.07) is 11.7. The fraction of sp³-hybridized carbons (Fsp3) is 0.211. The van der Waals surface area contributed by atoms with Gasteiger partial charge in [-0.3, -0.25) is 10.1 Å². The van der Waals surface area contributed by atoms with Crippen LogP contribution in [0.15, 0.2) is 45.2 Å². The second-order valence-corrected chi connectivity index (χ2v) is 9.03. The molecule has 1 amide bonds. The van der Waals surface area contributed by atoms with Gasteiger partial charge < -0.3 is 0 Å². The minimum atomic E-state index is -0.199. The lowest BCUT2D eigenvalue weighted by Gasteiger charge is -2.09. The molecule has 0 saturated carbocycles. The molecule has 7 heteroatoms. The number of aromatic nitrogens is 2. The highest BCUT2D eigenvalue weighted by Crippen LogP contribution is 2.31. The van der Waals surface area contributed by atoms with Gasteiger partial charge in [0.05, 0.1) is 5.56 Å². The van der Waals surface area contributed by atoms with Crippen molar-refractivity contribution in [3.05, 3.63) is 68.7 Å². The number of benzene rings is 2. The van der Waals surface area contributed by atoms with E-state index in [1.807, 2.05) is 18.2 Å². The summed E-state index contributed by atoms with van der Waals surface area (Å²) < 4.78 is 1.59. The summed E-state index contributed by atoms with van der Waals surface area (Å²) in [7, 11) is 0. The molecule has 1 aromatic heterocycles. The minimum Gasteiger partial charge on any atom is -0.296 e. The first-order valence-corrected chi connectivity index (χ1v) is 10.6. The molecule has 0 fully saturated rings. The van der Waals surface area contributed by atoms with Crippen molar-refractivity contribution in [1.29, 1.82) is 0 Å². The first-order chi connectivity index (χ1) is 12.4. The molecule has 0 aliphatic heterocycles. The van der Waals surface area contributed by atoms with Crippen LogP contribution >= 0.6 is 39.0 Å². The van der Waals surface area contributed by atoms with Crippen LogP contribution < -0.4 is 5.32 Å². The van der Waals surface area contributed by atoms with Crippen LogP contribution in [0.4, 0.5) is 5.13 Å². The van der Waals surface area contributed by atoms with E-state index in [-0.39, 0.29) is 5.91 Å². The monoisotopic (exact) mass is 447 g/mol. The number of thioether (sulfide) groups is 1. The highest BCUT2D eigenvalue weighted by Gasteiger charge is 2.13. The number of carbonyl (C=O) groups excluding carboxylic acids is 1. The standard InChI is InChI=1S/C19H18BrN3OS2/c1-11-8-12(2)15(13(3)9-11)10-25-19-23-22-18(26-19)21-17(24)14-6-4-5-7-16(14)20/h4-9H,10H2,1-3H3,(H,21,22,24). The molecule has 0 saturated heterocycles. The summed E-state index contributed by atoms with van der Waals surface area (Å²) in [5, 5.41) is 11.6. The Labute approximate surface area is 169 Å². The quantitative estimate of drug-likeness (QED) is 0.398. The van der Waals surface area contributed by atoms with Crippen LogP contribution in [0.1, 0.15) is 32.6 Å². The van der Waals surface area contributed by atoms with Gasteiger partial charge in [-0.2, -0.15) is 0 Å². The average Bonchev–Trinajstić information content (AvgIpc) is 3.01. The smallest absolute Gasteiger partial charge is 0.258 e. The van der Waals surface area contributed by atoms with Gasteiger partial charge in [-0.25, -0.2) is 0 Å². The zero-order valence-electron chi connectivity index (χ0n) is 14.7. The molecule has 1 N–H and O–H groups in total. The van der Waals surface area contributed by atoms with E-state index < -0.39 is 0 Å². The van der Waals surface area contributed by atoms with Gasteiger partial charge in [0.15, 0.2) is 4.34 Å². The van der Waals surface area contributed by atoms with Gasteiger partial charge in [0.1, 0.15) is 0 Å². The van der Waals surface area contributed by atoms with E-state index in [0.29, 0.717) is 10.7 Å². The van der Waals surface area contributed by atoms with Gasteiger partial charge in [-0.15, -0.1) is 10.2 Å². The molecule has 0 atom stereocenters. The molecule has 3 rings (SSSR count). The number of hydrogen-bond acceptors (Lipinski definition) is 5. The van der Waals surface area contributed by atoms with Crippen LogP contribution in [0.5, 0.6) is 0 Å². The van der Waals surface area contributed by atoms with E-state index in [4.69, 9.17) is 0 Å². The van der Waals surface area contributed by atoms with Crippen molar-refractivity contribution >= 4 is 50.1 Å². The van der Waals surface area contributed by atoms with Crippen LogP contribution in [0.25, 0.3) is 0 Å². The van der Waals surface area contributed by atoms with Crippen LogP contribution in [0.3, 0.4) is 0 Å². The molecule has 0 aliphatic rings. The third kappa shape index (κ3) is 4.52. The highest BCUT2D eigenvalue weighted by molar-refractivity contribution is 9.10. The van der Waals surface area contributed by atoms with E-state index in [9.17, 15) is 4.79 Å². The number of aryl methyl sites for hydroxylation is 3. The summed E-state index contributed by atoms with van der Waals surface area (Å²) in [6.07, 6.45) is 0. The van der Waals surface area contributed by atoms with Crippen molar-refractivity contribution < 1.29 is 4.79 Å². The Kier molecular flexibility index (Phi) is 6.11. The second kappa shape index (κ2) is 8.33. The number of carbonyl (C=O) groups is 1. The Hall–Kier alpha value is -1.70. The summed E-state index contributed by atoms with van der Waals surface area (Å²) in [4.78, 5) is 12.3. The lowest BCUT2D eigenvalue weighted by molar-refractivity contribution is 0.102. The molecule has 0 radical (unpaired) electrons. The van der Waals surface area contributed by atoms with Crippen LogP contribution in [-0.2, 0) is 5.75 Å². The predicted molar refractivity (Wildman–Crippen MR) is 112 cm³/mol. The molecule has 0 unspecified atom stereocenters. The highest BCUT2D eigenvalue weighted by atomic mass is 79.9. The topological polar surface area (TPSA) is 54.9 Å². The van der Waals surface area contributed by atoms with E-state index in [2.05, 4.69) is 64.3 Å². The summed E-state index contributed by atoms with van der Waals surface area (Å²) in [6.45, 7) is 6.39. The van der Waals surface area contributed by atoms with Gasteiger partial charge in [0.25, 0.3) is 5.91 Å². The zero-order valence-corrected chi connectivity index (χ0v) is 17.9. The molecule has 4 nitrogen and oxygen atoms in total. The molecule has 3 aromatic rings. The maximum absolute atomic E-state index is 12.3. The van der Waals surface area contributed by atoms with Crippen molar-refractivity contribution in [2.45, 2.75) is 30.9 Å². The van der Waals surface area contributed by atoms with Gasteiger partial charge in [0, 0.05) is 10.2 Å². The number of nitrogens with one attached hydrogen (secondary N) is 1. The lowest BCUT2D eigenvalue weighted by Crippen LogP contribution is -2.12. The van der Waals surface area contributed by atoms with Crippen molar-refractivity contribution in [2.75, 3.05) is 5.32 Å². The van der Waals surface area contributed by atoms with Gasteiger partial charge in [-0.1, -0.05) is 52.9 Å². The van der Waals surface area contributed by atoms with Crippen LogP contribution in [-0.4, -0.2) is 16.1 Å². The molecule has 2 aromatic carbocycles. The molecule has 0 bridgehead atoms.